The van der Waals surface area contributed by atoms with Crippen LogP contribution in [0.3, 0.4) is 0 Å². The Bertz CT molecular complexity index is 329. The van der Waals surface area contributed by atoms with Crippen LogP contribution in [0.4, 0.5) is 0 Å². The smallest absolute Gasteiger partial charge is 0.309 e. The van der Waals surface area contributed by atoms with E-state index >= 15 is 0 Å². The van der Waals surface area contributed by atoms with Gasteiger partial charge in [0, 0.05) is 11.3 Å². The lowest BCUT2D eigenvalue weighted by Gasteiger charge is -2.44. The van der Waals surface area contributed by atoms with Crippen LogP contribution in [0.5, 0.6) is 0 Å². The van der Waals surface area contributed by atoms with E-state index in [2.05, 4.69) is 34.6 Å². The standard InChI is InChI=1S/C17H30O3/c1-6-17(7-2,16(3,4)5)20-15(19)14-10-8-13(12-18)9-11-14/h12-14H,6-11H2,1-5H3. The first kappa shape index (κ1) is 17.2. The van der Waals surface area contributed by atoms with Gasteiger partial charge in [0.15, 0.2) is 0 Å². The second kappa shape index (κ2) is 6.73. The van der Waals surface area contributed by atoms with E-state index in [9.17, 15) is 9.59 Å². The molecule has 1 saturated carbocycles. The van der Waals surface area contributed by atoms with Crippen LogP contribution in [0.2, 0.25) is 0 Å². The van der Waals surface area contributed by atoms with Gasteiger partial charge in [-0.3, -0.25) is 4.79 Å². The van der Waals surface area contributed by atoms with Crippen LogP contribution >= 0.6 is 0 Å². The first-order valence-corrected chi connectivity index (χ1v) is 7.97. The van der Waals surface area contributed by atoms with Crippen molar-refractivity contribution in [2.75, 3.05) is 0 Å². The summed E-state index contributed by atoms with van der Waals surface area (Å²) in [6.45, 7) is 10.6. The zero-order valence-corrected chi connectivity index (χ0v) is 13.7. The van der Waals surface area contributed by atoms with Crippen LogP contribution < -0.4 is 0 Å². The number of carbonyl (C=O) groups is 2. The van der Waals surface area contributed by atoms with Gasteiger partial charge in [0.2, 0.25) is 0 Å². The minimum atomic E-state index is -0.383. The summed E-state index contributed by atoms with van der Waals surface area (Å²) in [5, 5.41) is 0. The summed E-state index contributed by atoms with van der Waals surface area (Å²) in [5.74, 6) is 0.0581. The third kappa shape index (κ3) is 3.62. The van der Waals surface area contributed by atoms with Crippen LogP contribution in [0.25, 0.3) is 0 Å². The number of hydrogen-bond donors (Lipinski definition) is 0. The number of ether oxygens (including phenoxy) is 1. The molecular weight excluding hydrogens is 252 g/mol. The summed E-state index contributed by atoms with van der Waals surface area (Å²) < 4.78 is 5.98. The largest absolute Gasteiger partial charge is 0.458 e. The minimum Gasteiger partial charge on any atom is -0.458 e. The predicted molar refractivity (Wildman–Crippen MR) is 80.4 cm³/mol. The van der Waals surface area contributed by atoms with Crippen LogP contribution in [-0.4, -0.2) is 17.9 Å². The molecule has 0 unspecified atom stereocenters. The Labute approximate surface area is 123 Å². The lowest BCUT2D eigenvalue weighted by Crippen LogP contribution is -2.47. The molecular formula is C17H30O3. The molecule has 3 heteroatoms. The van der Waals surface area contributed by atoms with Gasteiger partial charge in [-0.2, -0.15) is 0 Å². The van der Waals surface area contributed by atoms with Crippen molar-refractivity contribution < 1.29 is 14.3 Å². The van der Waals surface area contributed by atoms with E-state index in [1.807, 2.05) is 0 Å². The molecule has 3 nitrogen and oxygen atoms in total. The summed E-state index contributed by atoms with van der Waals surface area (Å²) >= 11 is 0. The van der Waals surface area contributed by atoms with Gasteiger partial charge in [-0.1, -0.05) is 34.6 Å². The first-order chi connectivity index (χ1) is 9.29. The summed E-state index contributed by atoms with van der Waals surface area (Å²) in [7, 11) is 0. The maximum absolute atomic E-state index is 12.5. The summed E-state index contributed by atoms with van der Waals surface area (Å²) in [5.41, 5.74) is -0.447. The van der Waals surface area contributed by atoms with Gasteiger partial charge in [-0.25, -0.2) is 0 Å². The molecule has 0 N–H and O–H groups in total. The number of carbonyl (C=O) groups excluding carboxylic acids is 2. The SMILES string of the molecule is CCC(CC)(OC(=O)C1CCC(C=O)CC1)C(C)(C)C. The fourth-order valence-electron chi connectivity index (χ4n) is 3.37. The topological polar surface area (TPSA) is 43.4 Å². The van der Waals surface area contributed by atoms with Crippen molar-refractivity contribution in [1.29, 1.82) is 0 Å². The fraction of sp³-hybridized carbons (Fsp3) is 0.882. The second-order valence-corrected chi connectivity index (χ2v) is 7.12. The minimum absolute atomic E-state index is 0.0222. The predicted octanol–water partition coefficient (Wildman–Crippen LogP) is 4.14. The van der Waals surface area contributed by atoms with Gasteiger partial charge in [-0.15, -0.1) is 0 Å². The lowest BCUT2D eigenvalue weighted by molar-refractivity contribution is -0.181. The van der Waals surface area contributed by atoms with E-state index in [0.717, 1.165) is 44.8 Å². The molecule has 1 aliphatic rings. The van der Waals surface area contributed by atoms with Gasteiger partial charge in [-0.05, 0) is 38.5 Å². The Morgan fingerprint density at radius 2 is 1.60 bits per heavy atom. The van der Waals surface area contributed by atoms with Crippen molar-refractivity contribution in [3.8, 4) is 0 Å². The third-order valence-corrected chi connectivity index (χ3v) is 5.10. The maximum atomic E-state index is 12.5. The van der Waals surface area contributed by atoms with Gasteiger partial charge in [0.05, 0.1) is 5.92 Å². The molecule has 0 amide bonds. The van der Waals surface area contributed by atoms with E-state index in [4.69, 9.17) is 4.74 Å². The zero-order chi connectivity index (χ0) is 15.4. The molecule has 0 aromatic heterocycles. The normalized spacial score (nSPS) is 24.2. The van der Waals surface area contributed by atoms with Gasteiger partial charge in [0.1, 0.15) is 11.9 Å². The average Bonchev–Trinajstić information content (AvgIpc) is 2.43. The van der Waals surface area contributed by atoms with E-state index in [0.29, 0.717) is 0 Å². The lowest BCUT2D eigenvalue weighted by atomic mass is 9.72. The summed E-state index contributed by atoms with van der Waals surface area (Å²) in [4.78, 5) is 23.2. The summed E-state index contributed by atoms with van der Waals surface area (Å²) in [6, 6.07) is 0. The Morgan fingerprint density at radius 3 is 1.95 bits per heavy atom. The Hall–Kier alpha value is -0.860. The van der Waals surface area contributed by atoms with Crippen LogP contribution in [-0.2, 0) is 14.3 Å². The Balaban J connectivity index is 2.71. The van der Waals surface area contributed by atoms with Crippen molar-refractivity contribution in [2.45, 2.75) is 78.7 Å². The van der Waals surface area contributed by atoms with Crippen molar-refractivity contribution in [3.05, 3.63) is 0 Å². The van der Waals surface area contributed by atoms with Crippen LogP contribution in [0.1, 0.15) is 73.1 Å². The van der Waals surface area contributed by atoms with Crippen LogP contribution in [0, 0.1) is 17.3 Å². The van der Waals surface area contributed by atoms with E-state index in [1.165, 1.54) is 0 Å². The van der Waals surface area contributed by atoms with E-state index in [1.54, 1.807) is 0 Å². The highest BCUT2D eigenvalue weighted by atomic mass is 16.6. The molecule has 0 atom stereocenters. The molecule has 0 radical (unpaired) electrons. The van der Waals surface area contributed by atoms with Crippen LogP contribution in [0.15, 0.2) is 0 Å². The molecule has 0 bridgehead atoms. The maximum Gasteiger partial charge on any atom is 0.309 e. The monoisotopic (exact) mass is 282 g/mol. The number of esters is 1. The number of rotatable bonds is 5. The summed E-state index contributed by atoms with van der Waals surface area (Å²) in [6.07, 6.45) is 5.92. The molecule has 0 aliphatic heterocycles. The highest BCUT2D eigenvalue weighted by molar-refractivity contribution is 5.73. The molecule has 20 heavy (non-hydrogen) atoms. The molecule has 0 spiro atoms. The molecule has 1 aliphatic carbocycles. The quantitative estimate of drug-likeness (QED) is 0.562. The third-order valence-electron chi connectivity index (χ3n) is 5.10. The average molecular weight is 282 g/mol. The Kier molecular flexibility index (Phi) is 5.79. The molecule has 0 aromatic carbocycles. The molecule has 0 heterocycles. The first-order valence-electron chi connectivity index (χ1n) is 7.97. The molecule has 0 saturated heterocycles. The number of aldehydes is 1. The van der Waals surface area contributed by atoms with Crippen molar-refractivity contribution >= 4 is 12.3 Å². The van der Waals surface area contributed by atoms with Gasteiger partial charge in [0.25, 0.3) is 0 Å². The van der Waals surface area contributed by atoms with Crippen molar-refractivity contribution in [2.24, 2.45) is 17.3 Å². The van der Waals surface area contributed by atoms with Crippen molar-refractivity contribution in [3.63, 3.8) is 0 Å². The highest BCUT2D eigenvalue weighted by Crippen LogP contribution is 2.41. The fourth-order valence-corrected chi connectivity index (χ4v) is 3.37. The molecule has 116 valence electrons. The highest BCUT2D eigenvalue weighted by Gasteiger charge is 2.43. The van der Waals surface area contributed by atoms with Crippen molar-refractivity contribution in [1.82, 2.24) is 0 Å². The Morgan fingerprint density at radius 1 is 1.10 bits per heavy atom. The molecule has 0 aromatic rings. The molecule has 1 fully saturated rings. The number of hydrogen-bond acceptors (Lipinski definition) is 3. The van der Waals surface area contributed by atoms with E-state index < -0.39 is 0 Å². The zero-order valence-electron chi connectivity index (χ0n) is 13.7. The van der Waals surface area contributed by atoms with Gasteiger partial charge < -0.3 is 9.53 Å². The molecule has 1 rings (SSSR count). The second-order valence-electron chi connectivity index (χ2n) is 7.12. The van der Waals surface area contributed by atoms with E-state index in [-0.39, 0.29) is 28.8 Å². The van der Waals surface area contributed by atoms with Gasteiger partial charge >= 0.3 is 5.97 Å².